The van der Waals surface area contributed by atoms with E-state index in [1.807, 2.05) is 19.1 Å². The van der Waals surface area contributed by atoms with Crippen LogP contribution >= 0.6 is 11.6 Å². The van der Waals surface area contributed by atoms with Crippen molar-refractivity contribution in [3.63, 3.8) is 0 Å². The lowest BCUT2D eigenvalue weighted by Crippen LogP contribution is -2.04. The largest absolute Gasteiger partial charge is 0.366 e. The van der Waals surface area contributed by atoms with Crippen LogP contribution in [-0.4, -0.2) is 20.2 Å². The minimum absolute atomic E-state index is 0.223. The number of anilines is 1. The van der Waals surface area contributed by atoms with Gasteiger partial charge in [-0.15, -0.1) is 0 Å². The molecular weight excluding hydrogens is 202 g/mol. The molecule has 6 heteroatoms. The molecule has 2 N–H and O–H groups in total. The van der Waals surface area contributed by atoms with Gasteiger partial charge in [0.2, 0.25) is 5.95 Å². The summed E-state index contributed by atoms with van der Waals surface area (Å²) in [6, 6.07) is 5.55. The summed E-state index contributed by atoms with van der Waals surface area (Å²) in [6.45, 7) is 1.92. The van der Waals surface area contributed by atoms with E-state index in [0.717, 1.165) is 11.3 Å². The van der Waals surface area contributed by atoms with Crippen molar-refractivity contribution in [3.05, 3.63) is 28.8 Å². The number of aryl methyl sites for hydroxylation is 1. The number of benzene rings is 1. The molecule has 0 amide bonds. The summed E-state index contributed by atoms with van der Waals surface area (Å²) in [4.78, 5) is 0. The molecule has 0 spiro atoms. The first-order valence-electron chi connectivity index (χ1n) is 3.99. The van der Waals surface area contributed by atoms with E-state index >= 15 is 0 Å². The van der Waals surface area contributed by atoms with Crippen LogP contribution in [0.15, 0.2) is 18.2 Å². The molecule has 2 aromatic rings. The van der Waals surface area contributed by atoms with Gasteiger partial charge in [-0.3, -0.25) is 0 Å². The summed E-state index contributed by atoms with van der Waals surface area (Å²) in [7, 11) is 0. The summed E-state index contributed by atoms with van der Waals surface area (Å²) in [5.41, 5.74) is 7.27. The topological polar surface area (TPSA) is 69.6 Å². The number of nitrogens with two attached hydrogens (primary N) is 1. The van der Waals surface area contributed by atoms with Crippen LogP contribution in [0.3, 0.4) is 0 Å². The van der Waals surface area contributed by atoms with Crippen LogP contribution in [0.2, 0.25) is 5.02 Å². The fraction of sp³-hybridized carbons (Fsp3) is 0.125. The number of nitrogens with zero attached hydrogens (tertiary/aromatic N) is 4. The second kappa shape index (κ2) is 3.26. The summed E-state index contributed by atoms with van der Waals surface area (Å²) in [5, 5.41) is 11.4. The average molecular weight is 210 g/mol. The molecule has 1 aromatic carbocycles. The van der Waals surface area contributed by atoms with Crippen LogP contribution in [0, 0.1) is 6.92 Å². The predicted octanol–water partition coefficient (Wildman–Crippen LogP) is 1.21. The van der Waals surface area contributed by atoms with E-state index in [1.54, 1.807) is 6.07 Å². The summed E-state index contributed by atoms with van der Waals surface area (Å²) >= 11 is 6.02. The van der Waals surface area contributed by atoms with Gasteiger partial charge in [-0.25, -0.2) is 0 Å². The van der Waals surface area contributed by atoms with Gasteiger partial charge in [0, 0.05) is 0 Å². The molecule has 14 heavy (non-hydrogen) atoms. The highest BCUT2D eigenvalue weighted by Gasteiger charge is 2.10. The maximum absolute atomic E-state index is 6.02. The molecule has 0 bridgehead atoms. The fourth-order valence-corrected chi connectivity index (χ4v) is 1.55. The van der Waals surface area contributed by atoms with Crippen molar-refractivity contribution in [2.24, 2.45) is 0 Å². The Morgan fingerprint density at radius 2 is 2.21 bits per heavy atom. The third kappa shape index (κ3) is 1.31. The maximum Gasteiger partial charge on any atom is 0.245 e. The van der Waals surface area contributed by atoms with Crippen molar-refractivity contribution in [1.82, 2.24) is 20.2 Å². The van der Waals surface area contributed by atoms with Gasteiger partial charge < -0.3 is 5.73 Å². The zero-order valence-corrected chi connectivity index (χ0v) is 8.23. The quantitative estimate of drug-likeness (QED) is 0.767. The highest BCUT2D eigenvalue weighted by atomic mass is 35.5. The van der Waals surface area contributed by atoms with Gasteiger partial charge in [0.15, 0.2) is 0 Å². The fourth-order valence-electron chi connectivity index (χ4n) is 1.24. The zero-order valence-electron chi connectivity index (χ0n) is 7.48. The zero-order chi connectivity index (χ0) is 10.1. The van der Waals surface area contributed by atoms with Crippen LogP contribution < -0.4 is 5.73 Å². The van der Waals surface area contributed by atoms with Crippen LogP contribution in [-0.2, 0) is 0 Å². The van der Waals surface area contributed by atoms with Crippen LogP contribution in [0.25, 0.3) is 5.69 Å². The second-order valence-electron chi connectivity index (χ2n) is 2.85. The van der Waals surface area contributed by atoms with E-state index in [4.69, 9.17) is 17.3 Å². The molecule has 2 rings (SSSR count). The standard InChI is InChI=1S/C8H8ClN5/c1-5-3-2-4-6(9)7(5)14-8(10)11-12-13-14/h2-4H,1H3,(H2,10,11,13). The third-order valence-electron chi connectivity index (χ3n) is 1.89. The molecule has 0 aliphatic carbocycles. The first kappa shape index (κ1) is 8.96. The lowest BCUT2D eigenvalue weighted by Gasteiger charge is -2.06. The number of nitrogen functional groups attached to an aromatic ring is 1. The molecule has 0 saturated heterocycles. The normalized spacial score (nSPS) is 10.4. The summed E-state index contributed by atoms with van der Waals surface area (Å²) in [5.74, 6) is 0.223. The molecule has 0 unspecified atom stereocenters. The Balaban J connectivity index is 2.68. The van der Waals surface area contributed by atoms with E-state index in [0.29, 0.717) is 5.02 Å². The molecule has 1 heterocycles. The van der Waals surface area contributed by atoms with E-state index in [-0.39, 0.29) is 5.95 Å². The molecule has 0 radical (unpaired) electrons. The molecule has 72 valence electrons. The maximum atomic E-state index is 6.02. The summed E-state index contributed by atoms with van der Waals surface area (Å²) < 4.78 is 1.41. The first-order valence-corrected chi connectivity index (χ1v) is 4.37. The number of aromatic nitrogens is 4. The molecule has 0 atom stereocenters. The van der Waals surface area contributed by atoms with Gasteiger partial charge in [0.05, 0.1) is 10.7 Å². The number of hydrogen-bond donors (Lipinski definition) is 1. The molecule has 1 aromatic heterocycles. The minimum Gasteiger partial charge on any atom is -0.366 e. The van der Waals surface area contributed by atoms with Crippen molar-refractivity contribution in [2.45, 2.75) is 6.92 Å². The molecule has 0 aliphatic rings. The van der Waals surface area contributed by atoms with Crippen LogP contribution in [0.5, 0.6) is 0 Å². The van der Waals surface area contributed by atoms with Crippen molar-refractivity contribution in [1.29, 1.82) is 0 Å². The number of tetrazole rings is 1. The van der Waals surface area contributed by atoms with E-state index < -0.39 is 0 Å². The van der Waals surface area contributed by atoms with Gasteiger partial charge in [0.1, 0.15) is 0 Å². The predicted molar refractivity (Wildman–Crippen MR) is 53.3 cm³/mol. The molecule has 0 fully saturated rings. The molecule has 0 saturated carbocycles. The molecule has 5 nitrogen and oxygen atoms in total. The monoisotopic (exact) mass is 209 g/mol. The highest BCUT2D eigenvalue weighted by Crippen LogP contribution is 2.23. The van der Waals surface area contributed by atoms with Crippen molar-refractivity contribution >= 4 is 17.5 Å². The van der Waals surface area contributed by atoms with Gasteiger partial charge in [-0.2, -0.15) is 4.68 Å². The number of rotatable bonds is 1. The number of para-hydroxylation sites is 1. The second-order valence-corrected chi connectivity index (χ2v) is 3.26. The Bertz CT molecular complexity index is 444. The smallest absolute Gasteiger partial charge is 0.245 e. The molecule has 0 aliphatic heterocycles. The van der Waals surface area contributed by atoms with Gasteiger partial charge in [-0.05, 0) is 29.0 Å². The van der Waals surface area contributed by atoms with E-state index in [2.05, 4.69) is 15.5 Å². The van der Waals surface area contributed by atoms with E-state index in [9.17, 15) is 0 Å². The summed E-state index contributed by atoms with van der Waals surface area (Å²) in [6.07, 6.45) is 0. The van der Waals surface area contributed by atoms with E-state index in [1.165, 1.54) is 4.68 Å². The van der Waals surface area contributed by atoms with Gasteiger partial charge in [-0.1, -0.05) is 28.8 Å². The Morgan fingerprint density at radius 3 is 2.79 bits per heavy atom. The Labute approximate surface area is 85.5 Å². The Kier molecular flexibility index (Phi) is 2.09. The van der Waals surface area contributed by atoms with Crippen molar-refractivity contribution in [3.8, 4) is 5.69 Å². The Morgan fingerprint density at radius 1 is 1.43 bits per heavy atom. The SMILES string of the molecule is Cc1cccc(Cl)c1-n1nnnc1N. The Hall–Kier alpha value is -1.62. The number of halogens is 1. The third-order valence-corrected chi connectivity index (χ3v) is 2.20. The van der Waals surface area contributed by atoms with Crippen LogP contribution in [0.1, 0.15) is 5.56 Å². The average Bonchev–Trinajstić information content (AvgIpc) is 2.52. The lowest BCUT2D eigenvalue weighted by atomic mass is 10.2. The number of hydrogen-bond acceptors (Lipinski definition) is 4. The van der Waals surface area contributed by atoms with Gasteiger partial charge in [0.25, 0.3) is 0 Å². The van der Waals surface area contributed by atoms with Crippen molar-refractivity contribution < 1.29 is 0 Å². The van der Waals surface area contributed by atoms with Crippen molar-refractivity contribution in [2.75, 3.05) is 5.73 Å². The first-order chi connectivity index (χ1) is 6.70. The lowest BCUT2D eigenvalue weighted by molar-refractivity contribution is 0.788. The minimum atomic E-state index is 0.223. The highest BCUT2D eigenvalue weighted by molar-refractivity contribution is 6.32. The van der Waals surface area contributed by atoms with Gasteiger partial charge >= 0.3 is 0 Å². The van der Waals surface area contributed by atoms with Crippen LogP contribution in [0.4, 0.5) is 5.95 Å². The molecular formula is C8H8ClN5.